The minimum Gasteiger partial charge on any atom is -0.335 e. The SMILES string of the molecule is CC1(n2c3c(c4ccccc42)CCCC3)C=CC=C(c2cccc(-n3c4ccccc4c4cc([Si](C)(C)C)ccc43)c2)C1. The smallest absolute Gasteiger partial charge is 0.0776 e. The zero-order valence-corrected chi connectivity index (χ0v) is 26.8. The summed E-state index contributed by atoms with van der Waals surface area (Å²) in [6, 6.07) is 34.4. The highest BCUT2D eigenvalue weighted by Gasteiger charge is 2.33. The van der Waals surface area contributed by atoms with E-state index in [1.807, 2.05) is 0 Å². The van der Waals surface area contributed by atoms with E-state index in [4.69, 9.17) is 0 Å². The van der Waals surface area contributed by atoms with E-state index in [-0.39, 0.29) is 5.54 Å². The van der Waals surface area contributed by atoms with Crippen molar-refractivity contribution in [1.29, 1.82) is 0 Å². The highest BCUT2D eigenvalue weighted by atomic mass is 28.3. The minimum absolute atomic E-state index is 0.106. The average Bonchev–Trinajstić information content (AvgIpc) is 3.54. The molecule has 0 spiro atoms. The molecule has 2 aliphatic carbocycles. The molecular weight excluding hydrogens is 537 g/mol. The van der Waals surface area contributed by atoms with Crippen LogP contribution in [-0.2, 0) is 18.4 Å². The maximum Gasteiger partial charge on any atom is 0.0776 e. The van der Waals surface area contributed by atoms with Crippen molar-refractivity contribution in [3.05, 3.63) is 126 Å². The van der Waals surface area contributed by atoms with Crippen LogP contribution in [0.25, 0.3) is 44.0 Å². The molecule has 0 bridgehead atoms. The van der Waals surface area contributed by atoms with E-state index in [0.717, 1.165) is 6.42 Å². The van der Waals surface area contributed by atoms with E-state index in [9.17, 15) is 0 Å². The van der Waals surface area contributed by atoms with Gasteiger partial charge in [-0.25, -0.2) is 0 Å². The van der Waals surface area contributed by atoms with Crippen LogP contribution in [0.1, 0.15) is 43.0 Å². The quantitative estimate of drug-likeness (QED) is 0.185. The third kappa shape index (κ3) is 4.20. The maximum atomic E-state index is 2.69. The summed E-state index contributed by atoms with van der Waals surface area (Å²) in [4.78, 5) is 0. The van der Waals surface area contributed by atoms with Gasteiger partial charge in [0.05, 0.1) is 24.6 Å². The lowest BCUT2D eigenvalue weighted by atomic mass is 9.84. The average molecular weight is 577 g/mol. The Labute approximate surface area is 256 Å². The molecular formula is C40H40N2Si. The molecule has 1 atom stereocenters. The molecule has 43 heavy (non-hydrogen) atoms. The summed E-state index contributed by atoms with van der Waals surface area (Å²) in [5, 5.41) is 5.65. The van der Waals surface area contributed by atoms with E-state index in [0.29, 0.717) is 0 Å². The zero-order chi connectivity index (χ0) is 29.3. The van der Waals surface area contributed by atoms with Crippen LogP contribution in [0, 0.1) is 0 Å². The zero-order valence-electron chi connectivity index (χ0n) is 25.8. The van der Waals surface area contributed by atoms with Crippen LogP contribution in [0.2, 0.25) is 19.6 Å². The molecule has 4 aromatic carbocycles. The first-order chi connectivity index (χ1) is 20.8. The molecule has 0 fully saturated rings. The Hall–Kier alpha value is -4.08. The summed E-state index contributed by atoms with van der Waals surface area (Å²) in [5.41, 5.74) is 10.9. The monoisotopic (exact) mass is 576 g/mol. The molecule has 0 N–H and O–H groups in total. The van der Waals surface area contributed by atoms with Crippen molar-refractivity contribution in [2.75, 3.05) is 0 Å². The van der Waals surface area contributed by atoms with E-state index in [1.165, 1.54) is 80.4 Å². The molecule has 0 saturated heterocycles. The number of allylic oxidation sites excluding steroid dienone is 4. The molecule has 2 heterocycles. The van der Waals surface area contributed by atoms with Gasteiger partial charge in [0.25, 0.3) is 0 Å². The number of para-hydroxylation sites is 2. The number of hydrogen-bond acceptors (Lipinski definition) is 0. The third-order valence-corrected chi connectivity index (χ3v) is 12.0. The lowest BCUT2D eigenvalue weighted by Gasteiger charge is -2.35. The van der Waals surface area contributed by atoms with Crippen molar-refractivity contribution >= 4 is 51.5 Å². The fourth-order valence-electron chi connectivity index (χ4n) is 7.87. The van der Waals surface area contributed by atoms with Gasteiger partial charge in [-0.2, -0.15) is 0 Å². The number of rotatable bonds is 4. The van der Waals surface area contributed by atoms with Crippen LogP contribution in [-0.4, -0.2) is 17.2 Å². The molecule has 0 amide bonds. The van der Waals surface area contributed by atoms with Crippen LogP contribution in [0.4, 0.5) is 0 Å². The minimum atomic E-state index is -1.43. The van der Waals surface area contributed by atoms with Crippen LogP contribution in [0.15, 0.2) is 109 Å². The molecule has 6 aromatic rings. The second kappa shape index (κ2) is 9.72. The van der Waals surface area contributed by atoms with Crippen molar-refractivity contribution in [2.45, 2.75) is 64.2 Å². The summed E-state index contributed by atoms with van der Waals surface area (Å²) in [7, 11) is -1.43. The second-order valence-electron chi connectivity index (χ2n) is 14.0. The van der Waals surface area contributed by atoms with Gasteiger partial charge in [-0.1, -0.05) is 104 Å². The van der Waals surface area contributed by atoms with Gasteiger partial charge >= 0.3 is 0 Å². The highest BCUT2D eigenvalue weighted by Crippen LogP contribution is 2.43. The van der Waals surface area contributed by atoms with Gasteiger partial charge < -0.3 is 9.13 Å². The highest BCUT2D eigenvalue weighted by molar-refractivity contribution is 6.88. The lowest BCUT2D eigenvalue weighted by molar-refractivity contribution is 0.411. The molecule has 3 heteroatoms. The molecule has 0 aliphatic heterocycles. The van der Waals surface area contributed by atoms with Crippen molar-refractivity contribution < 1.29 is 0 Å². The number of aromatic nitrogens is 2. The predicted octanol–water partition coefficient (Wildman–Crippen LogP) is 9.92. The van der Waals surface area contributed by atoms with Crippen molar-refractivity contribution in [3.8, 4) is 5.69 Å². The Bertz CT molecular complexity index is 2110. The largest absolute Gasteiger partial charge is 0.335 e. The Kier molecular flexibility index (Phi) is 6.00. The van der Waals surface area contributed by atoms with Gasteiger partial charge in [-0.15, -0.1) is 0 Å². The number of hydrogen-bond donors (Lipinski definition) is 0. The van der Waals surface area contributed by atoms with Crippen LogP contribution < -0.4 is 5.19 Å². The fourth-order valence-corrected chi connectivity index (χ4v) is 9.03. The molecule has 2 nitrogen and oxygen atoms in total. The van der Waals surface area contributed by atoms with E-state index in [2.05, 4.69) is 145 Å². The maximum absolute atomic E-state index is 2.69. The van der Waals surface area contributed by atoms with Crippen molar-refractivity contribution in [3.63, 3.8) is 0 Å². The van der Waals surface area contributed by atoms with Crippen LogP contribution in [0.5, 0.6) is 0 Å². The lowest BCUT2D eigenvalue weighted by Crippen LogP contribution is -2.37. The second-order valence-corrected chi connectivity index (χ2v) is 19.0. The molecule has 0 radical (unpaired) electrons. The Balaban J connectivity index is 1.23. The van der Waals surface area contributed by atoms with Gasteiger partial charge in [0, 0.05) is 33.1 Å². The summed E-state index contributed by atoms with van der Waals surface area (Å²) in [6.07, 6.45) is 13.0. The standard InChI is InChI=1S/C40H40N2Si/c1-40(42-38-20-9-6-16-32(38)33-17-7-10-21-39(33)42)24-12-14-29(27-40)28-13-11-15-30(25-28)41-36-19-8-5-18-34(36)35-26-31(43(2,3)4)22-23-37(35)41/h5-6,8-9,11-16,18-20,22-26H,7,10,17,21,27H2,1-4H3. The fraction of sp³-hybridized carbons (Fsp3) is 0.250. The first-order valence-electron chi connectivity index (χ1n) is 16.0. The first-order valence-corrected chi connectivity index (χ1v) is 19.5. The van der Waals surface area contributed by atoms with Gasteiger partial charge in [0.2, 0.25) is 0 Å². The molecule has 8 rings (SSSR count). The summed E-state index contributed by atoms with van der Waals surface area (Å²) >= 11 is 0. The molecule has 0 saturated carbocycles. The Morgan fingerprint density at radius 1 is 0.698 bits per heavy atom. The number of fused-ring (bicyclic) bond motifs is 6. The van der Waals surface area contributed by atoms with E-state index in [1.54, 1.807) is 11.3 Å². The Morgan fingerprint density at radius 3 is 2.28 bits per heavy atom. The van der Waals surface area contributed by atoms with Crippen LogP contribution in [0.3, 0.4) is 0 Å². The molecule has 214 valence electrons. The number of nitrogens with zero attached hydrogens (tertiary/aromatic N) is 2. The number of aryl methyl sites for hydroxylation is 1. The van der Waals surface area contributed by atoms with Gasteiger partial charge in [-0.05, 0) is 86.1 Å². The summed E-state index contributed by atoms with van der Waals surface area (Å²) in [5.74, 6) is 0. The first kappa shape index (κ1) is 26.5. The van der Waals surface area contributed by atoms with Gasteiger partial charge in [0.1, 0.15) is 0 Å². The van der Waals surface area contributed by atoms with Crippen LogP contribution >= 0.6 is 0 Å². The molecule has 2 aromatic heterocycles. The third-order valence-electron chi connectivity index (χ3n) is 10.0. The topological polar surface area (TPSA) is 9.86 Å². The van der Waals surface area contributed by atoms with Gasteiger partial charge in [0.15, 0.2) is 0 Å². The summed E-state index contributed by atoms with van der Waals surface area (Å²) < 4.78 is 5.16. The molecule has 2 aliphatic rings. The summed E-state index contributed by atoms with van der Waals surface area (Å²) in [6.45, 7) is 9.74. The van der Waals surface area contributed by atoms with Gasteiger partial charge in [-0.3, -0.25) is 0 Å². The van der Waals surface area contributed by atoms with Crippen molar-refractivity contribution in [1.82, 2.24) is 9.13 Å². The predicted molar refractivity (Wildman–Crippen MR) is 188 cm³/mol. The Morgan fingerprint density at radius 2 is 1.44 bits per heavy atom. The van der Waals surface area contributed by atoms with E-state index >= 15 is 0 Å². The number of benzene rings is 4. The van der Waals surface area contributed by atoms with E-state index < -0.39 is 8.07 Å². The normalized spacial score (nSPS) is 18.8. The molecule has 1 unspecified atom stereocenters. The van der Waals surface area contributed by atoms with Crippen molar-refractivity contribution in [2.24, 2.45) is 0 Å².